The van der Waals surface area contributed by atoms with E-state index in [-0.39, 0.29) is 12.3 Å². The monoisotopic (exact) mass is 288 g/mol. The van der Waals surface area contributed by atoms with E-state index in [1.807, 2.05) is 0 Å². The van der Waals surface area contributed by atoms with Crippen LogP contribution in [-0.4, -0.2) is 22.4 Å². The molecule has 2 aromatic rings. The molecule has 0 fully saturated rings. The van der Waals surface area contributed by atoms with Gasteiger partial charge in [-0.15, -0.1) is 0 Å². The molecular weight excluding hydrogens is 276 g/mol. The number of pyridine rings is 1. The van der Waals surface area contributed by atoms with Crippen LogP contribution in [0.4, 0.5) is 5.69 Å². The number of nitrogens with zero attached hydrogens (tertiary/aromatic N) is 2. The van der Waals surface area contributed by atoms with Gasteiger partial charge in [0.15, 0.2) is 5.78 Å². The Labute approximate surface area is 119 Å². The zero-order chi connectivity index (χ0) is 15.4. The van der Waals surface area contributed by atoms with Gasteiger partial charge in [0.2, 0.25) is 0 Å². The van der Waals surface area contributed by atoms with Crippen molar-refractivity contribution in [1.29, 1.82) is 0 Å². The minimum Gasteiger partial charge on any atom is -0.497 e. The van der Waals surface area contributed by atoms with E-state index in [2.05, 4.69) is 0 Å². The Morgan fingerprint density at radius 2 is 1.95 bits per heavy atom. The number of rotatable bonds is 5. The summed E-state index contributed by atoms with van der Waals surface area (Å²) in [6, 6.07) is 8.87. The van der Waals surface area contributed by atoms with Crippen molar-refractivity contribution in [3.63, 3.8) is 0 Å². The highest BCUT2D eigenvalue weighted by Crippen LogP contribution is 2.12. The van der Waals surface area contributed by atoms with Gasteiger partial charge in [-0.3, -0.25) is 19.7 Å². The fraction of sp³-hybridized carbons (Fsp3) is 0.143. The summed E-state index contributed by atoms with van der Waals surface area (Å²) >= 11 is 0. The molecule has 0 bridgehead atoms. The van der Waals surface area contributed by atoms with Gasteiger partial charge < -0.3 is 9.30 Å². The number of aromatic nitrogens is 1. The minimum atomic E-state index is -0.802. The second kappa shape index (κ2) is 6.00. The molecule has 0 saturated carbocycles. The second-order valence-corrected chi connectivity index (χ2v) is 4.24. The van der Waals surface area contributed by atoms with Gasteiger partial charge in [0.25, 0.3) is 0 Å². The van der Waals surface area contributed by atoms with E-state index in [9.17, 15) is 19.7 Å². The first kappa shape index (κ1) is 14.4. The molecule has 0 radical (unpaired) electrons. The number of nitro groups is 1. The molecule has 0 aliphatic heterocycles. The van der Waals surface area contributed by atoms with Crippen molar-refractivity contribution in [1.82, 2.24) is 4.57 Å². The molecule has 0 aliphatic rings. The summed E-state index contributed by atoms with van der Waals surface area (Å²) in [5, 5.41) is 10.7. The van der Waals surface area contributed by atoms with Crippen LogP contribution in [0.25, 0.3) is 0 Å². The molecule has 7 nitrogen and oxygen atoms in total. The highest BCUT2D eigenvalue weighted by atomic mass is 16.6. The summed E-state index contributed by atoms with van der Waals surface area (Å²) < 4.78 is 6.01. The summed E-state index contributed by atoms with van der Waals surface area (Å²) in [6.45, 7) is -0.257. The lowest BCUT2D eigenvalue weighted by molar-refractivity contribution is -0.386. The van der Waals surface area contributed by atoms with Crippen LogP contribution in [0.15, 0.2) is 47.4 Å². The Morgan fingerprint density at radius 3 is 2.52 bits per heavy atom. The maximum absolute atomic E-state index is 12.1. The summed E-state index contributed by atoms with van der Waals surface area (Å²) in [6.07, 6.45) is 1.34. The summed E-state index contributed by atoms with van der Waals surface area (Å²) in [4.78, 5) is 33.8. The van der Waals surface area contributed by atoms with Crippen molar-refractivity contribution in [3.8, 4) is 5.75 Å². The number of carbonyl (C=O) groups is 1. The molecule has 1 heterocycles. The van der Waals surface area contributed by atoms with Gasteiger partial charge in [0.05, 0.1) is 18.6 Å². The zero-order valence-electron chi connectivity index (χ0n) is 11.2. The fourth-order valence-corrected chi connectivity index (χ4v) is 1.81. The lowest BCUT2D eigenvalue weighted by atomic mass is 10.1. The molecule has 1 aromatic carbocycles. The maximum atomic E-state index is 12.1. The second-order valence-electron chi connectivity index (χ2n) is 4.24. The molecule has 7 heteroatoms. The quantitative estimate of drug-likeness (QED) is 0.474. The summed E-state index contributed by atoms with van der Waals surface area (Å²) in [7, 11) is 1.51. The normalized spacial score (nSPS) is 10.1. The molecule has 0 saturated heterocycles. The fourth-order valence-electron chi connectivity index (χ4n) is 1.81. The van der Waals surface area contributed by atoms with Gasteiger partial charge in [-0.25, -0.2) is 0 Å². The third-order valence-corrected chi connectivity index (χ3v) is 2.92. The van der Waals surface area contributed by atoms with Crippen molar-refractivity contribution in [2.45, 2.75) is 6.54 Å². The number of methoxy groups -OCH3 is 1. The number of carbonyl (C=O) groups excluding carboxylic acids is 1. The average molecular weight is 288 g/mol. The van der Waals surface area contributed by atoms with Crippen LogP contribution in [0.1, 0.15) is 10.4 Å². The Kier molecular flexibility index (Phi) is 4.13. The van der Waals surface area contributed by atoms with Crippen LogP contribution >= 0.6 is 0 Å². The predicted molar refractivity (Wildman–Crippen MR) is 74.7 cm³/mol. The number of hydrogen-bond donors (Lipinski definition) is 0. The largest absolute Gasteiger partial charge is 0.497 e. The number of hydrogen-bond acceptors (Lipinski definition) is 5. The molecule has 0 amide bonds. The van der Waals surface area contributed by atoms with E-state index < -0.39 is 16.2 Å². The number of Topliss-reactive ketones (excluding diaryl/α,β-unsaturated/α-hetero) is 1. The molecule has 0 unspecified atom stereocenters. The van der Waals surface area contributed by atoms with Crippen molar-refractivity contribution in [2.75, 3.05) is 7.11 Å². The summed E-state index contributed by atoms with van der Waals surface area (Å²) in [5.41, 5.74) is -0.960. The van der Waals surface area contributed by atoms with Gasteiger partial charge >= 0.3 is 11.2 Å². The molecular formula is C14H12N2O5. The zero-order valence-corrected chi connectivity index (χ0v) is 11.2. The van der Waals surface area contributed by atoms with Crippen LogP contribution in [0.5, 0.6) is 5.75 Å². The molecule has 108 valence electrons. The summed E-state index contributed by atoms with van der Waals surface area (Å²) in [5.74, 6) is 0.291. The molecule has 1 aromatic heterocycles. The lowest BCUT2D eigenvalue weighted by Crippen LogP contribution is -2.25. The van der Waals surface area contributed by atoms with Crippen molar-refractivity contribution in [3.05, 3.63) is 68.6 Å². The Morgan fingerprint density at radius 1 is 1.29 bits per heavy atom. The van der Waals surface area contributed by atoms with Crippen LogP contribution in [0, 0.1) is 10.1 Å². The van der Waals surface area contributed by atoms with Crippen molar-refractivity contribution in [2.24, 2.45) is 0 Å². The third-order valence-electron chi connectivity index (χ3n) is 2.92. The smallest absolute Gasteiger partial charge is 0.334 e. The highest BCUT2D eigenvalue weighted by Gasteiger charge is 2.15. The lowest BCUT2D eigenvalue weighted by Gasteiger charge is -2.05. The predicted octanol–water partition coefficient (Wildman–Crippen LogP) is 1.65. The first-order valence-electron chi connectivity index (χ1n) is 6.04. The van der Waals surface area contributed by atoms with Crippen molar-refractivity contribution >= 4 is 11.5 Å². The topological polar surface area (TPSA) is 91.4 Å². The van der Waals surface area contributed by atoms with Crippen LogP contribution < -0.4 is 10.3 Å². The molecule has 0 aliphatic carbocycles. The Bertz CT molecular complexity index is 734. The van der Waals surface area contributed by atoms with Gasteiger partial charge in [0, 0.05) is 17.8 Å². The van der Waals surface area contributed by atoms with E-state index in [4.69, 9.17) is 4.74 Å². The number of ketones is 1. The van der Waals surface area contributed by atoms with E-state index in [1.165, 1.54) is 19.4 Å². The minimum absolute atomic E-state index is 0.257. The van der Waals surface area contributed by atoms with Crippen molar-refractivity contribution < 1.29 is 14.5 Å². The molecule has 0 spiro atoms. The van der Waals surface area contributed by atoms with Crippen LogP contribution in [-0.2, 0) is 6.54 Å². The molecule has 0 atom stereocenters. The highest BCUT2D eigenvalue weighted by molar-refractivity contribution is 5.96. The molecule has 0 N–H and O–H groups in total. The number of benzene rings is 1. The van der Waals surface area contributed by atoms with Gasteiger partial charge in [-0.2, -0.15) is 0 Å². The van der Waals surface area contributed by atoms with Gasteiger partial charge in [-0.05, 0) is 30.3 Å². The first-order chi connectivity index (χ1) is 10.0. The Balaban J connectivity index is 2.25. The van der Waals surface area contributed by atoms with E-state index in [1.54, 1.807) is 24.3 Å². The molecule has 21 heavy (non-hydrogen) atoms. The van der Waals surface area contributed by atoms with E-state index >= 15 is 0 Å². The van der Waals surface area contributed by atoms with Gasteiger partial charge in [0.1, 0.15) is 5.75 Å². The SMILES string of the molecule is COc1ccc(C(=O)Cn2cccc([N+](=O)[O-])c2=O)cc1. The van der Waals surface area contributed by atoms with Gasteiger partial charge in [-0.1, -0.05) is 0 Å². The van der Waals surface area contributed by atoms with Crippen LogP contribution in [0.3, 0.4) is 0 Å². The molecule has 2 rings (SSSR count). The third kappa shape index (κ3) is 3.14. The average Bonchev–Trinajstić information content (AvgIpc) is 2.49. The standard InChI is InChI=1S/C14H12N2O5/c1-21-11-6-4-10(5-7-11)13(17)9-15-8-2-3-12(14(15)18)16(19)20/h2-8H,9H2,1H3. The van der Waals surface area contributed by atoms with Crippen LogP contribution in [0.2, 0.25) is 0 Å². The maximum Gasteiger partial charge on any atom is 0.334 e. The number of ether oxygens (including phenoxy) is 1. The van der Waals surface area contributed by atoms with E-state index in [0.29, 0.717) is 11.3 Å². The Hall–Kier alpha value is -2.96. The first-order valence-corrected chi connectivity index (χ1v) is 6.04. The van der Waals surface area contributed by atoms with E-state index in [0.717, 1.165) is 10.6 Å².